The van der Waals surface area contributed by atoms with E-state index in [1.165, 1.54) is 81.5 Å². The molecule has 7 aromatic carbocycles. The zero-order valence-electron chi connectivity index (χ0n) is 20.1. The first-order valence-corrected chi connectivity index (χ1v) is 12.9. The minimum atomic E-state index is 1.25. The topological polar surface area (TPSA) is 4.41 Å². The summed E-state index contributed by atoms with van der Waals surface area (Å²) in [5, 5.41) is 13.2. The van der Waals surface area contributed by atoms with Gasteiger partial charge in [-0.15, -0.1) is 0 Å². The number of benzene rings is 7. The Morgan fingerprint density at radius 3 is 1.43 bits per heavy atom. The summed E-state index contributed by atoms with van der Waals surface area (Å²) in [6, 6.07) is 47.0. The number of hydrogen-bond donors (Lipinski definition) is 0. The monoisotopic (exact) mass is 467 g/mol. The zero-order valence-corrected chi connectivity index (χ0v) is 20.1. The van der Waals surface area contributed by atoms with Crippen LogP contribution in [0.3, 0.4) is 0 Å². The van der Waals surface area contributed by atoms with E-state index in [4.69, 9.17) is 0 Å². The molecule has 0 unspecified atom stereocenters. The number of aromatic nitrogens is 1. The van der Waals surface area contributed by atoms with Crippen molar-refractivity contribution in [2.45, 2.75) is 0 Å². The molecule has 0 aliphatic rings. The minimum Gasteiger partial charge on any atom is -0.308 e. The molecular formula is C36H21N. The quantitative estimate of drug-likeness (QED) is 0.212. The van der Waals surface area contributed by atoms with Crippen molar-refractivity contribution < 1.29 is 0 Å². The van der Waals surface area contributed by atoms with E-state index in [-0.39, 0.29) is 0 Å². The number of fused-ring (bicyclic) bond motifs is 12. The molecule has 0 fully saturated rings. The highest BCUT2D eigenvalue weighted by Crippen LogP contribution is 2.41. The fraction of sp³-hybridized carbons (Fsp3) is 0. The molecule has 0 radical (unpaired) electrons. The second-order valence-corrected chi connectivity index (χ2v) is 10.1. The van der Waals surface area contributed by atoms with E-state index in [1.807, 2.05) is 0 Å². The fourth-order valence-electron chi connectivity index (χ4n) is 6.70. The van der Waals surface area contributed by atoms with Gasteiger partial charge in [-0.1, -0.05) is 109 Å². The Kier molecular flexibility index (Phi) is 3.59. The Balaban J connectivity index is 1.38. The fourth-order valence-corrected chi connectivity index (χ4v) is 6.70. The van der Waals surface area contributed by atoms with Gasteiger partial charge in [0, 0.05) is 21.5 Å². The van der Waals surface area contributed by atoms with Gasteiger partial charge in [0.25, 0.3) is 0 Å². The van der Waals surface area contributed by atoms with Gasteiger partial charge in [0.05, 0.1) is 16.6 Å². The van der Waals surface area contributed by atoms with E-state index < -0.39 is 0 Å². The Morgan fingerprint density at radius 2 is 0.757 bits per heavy atom. The third-order valence-corrected chi connectivity index (χ3v) is 8.30. The molecular weight excluding hydrogens is 446 g/mol. The van der Waals surface area contributed by atoms with Crippen molar-refractivity contribution in [3.8, 4) is 11.1 Å². The second-order valence-electron chi connectivity index (χ2n) is 10.1. The third kappa shape index (κ3) is 2.43. The predicted molar refractivity (Wildman–Crippen MR) is 159 cm³/mol. The molecule has 0 spiro atoms. The van der Waals surface area contributed by atoms with Crippen LogP contribution in [0.25, 0.3) is 81.5 Å². The van der Waals surface area contributed by atoms with Gasteiger partial charge < -0.3 is 4.40 Å². The van der Waals surface area contributed by atoms with Gasteiger partial charge in [-0.3, -0.25) is 0 Å². The molecule has 170 valence electrons. The molecule has 0 amide bonds. The predicted octanol–water partition coefficient (Wildman–Crippen LogP) is 9.96. The van der Waals surface area contributed by atoms with Crippen LogP contribution >= 0.6 is 0 Å². The van der Waals surface area contributed by atoms with E-state index in [0.717, 1.165) is 0 Å². The summed E-state index contributed by atoms with van der Waals surface area (Å²) in [7, 11) is 0. The first kappa shape index (κ1) is 19.3. The average molecular weight is 468 g/mol. The molecule has 1 nitrogen and oxygen atoms in total. The van der Waals surface area contributed by atoms with Crippen molar-refractivity contribution >= 4 is 70.4 Å². The standard InChI is InChI=1S/C36H21N/c1-2-10-26-24(8-1)25-9-3-4-11-27(25)33-20-22(16-18-28(26)33)23-17-19-30-32-14-7-13-31-29-12-5-6-15-34(29)37(36(31)32)35(30)21-23/h1-21H. The largest absolute Gasteiger partial charge is 0.308 e. The van der Waals surface area contributed by atoms with Crippen LogP contribution < -0.4 is 0 Å². The van der Waals surface area contributed by atoms with E-state index >= 15 is 0 Å². The van der Waals surface area contributed by atoms with E-state index in [2.05, 4.69) is 132 Å². The first-order valence-electron chi connectivity index (χ1n) is 12.9. The van der Waals surface area contributed by atoms with Crippen molar-refractivity contribution in [1.82, 2.24) is 4.40 Å². The third-order valence-electron chi connectivity index (χ3n) is 8.30. The SMILES string of the molecule is c1ccc2c(c1)c1ccccc1c1cc(-c3ccc4c5cccc6c7ccccc7n(c4c3)c65)ccc21. The van der Waals surface area contributed by atoms with E-state index in [1.54, 1.807) is 0 Å². The zero-order chi connectivity index (χ0) is 24.1. The Morgan fingerprint density at radius 1 is 0.297 bits per heavy atom. The van der Waals surface area contributed by atoms with Crippen LogP contribution in [0.2, 0.25) is 0 Å². The van der Waals surface area contributed by atoms with Crippen molar-refractivity contribution in [2.24, 2.45) is 0 Å². The summed E-state index contributed by atoms with van der Waals surface area (Å²) in [4.78, 5) is 0. The van der Waals surface area contributed by atoms with Gasteiger partial charge >= 0.3 is 0 Å². The summed E-state index contributed by atoms with van der Waals surface area (Å²) in [6.07, 6.45) is 0. The number of rotatable bonds is 1. The molecule has 9 aromatic rings. The van der Waals surface area contributed by atoms with E-state index in [0.29, 0.717) is 0 Å². The molecule has 0 bridgehead atoms. The summed E-state index contributed by atoms with van der Waals surface area (Å²) in [6.45, 7) is 0. The Bertz CT molecular complexity index is 2320. The smallest absolute Gasteiger partial charge is 0.0620 e. The maximum Gasteiger partial charge on any atom is 0.0620 e. The molecule has 0 aliphatic carbocycles. The molecule has 0 atom stereocenters. The Labute approximate surface area is 213 Å². The molecule has 0 aliphatic heterocycles. The highest BCUT2D eigenvalue weighted by molar-refractivity contribution is 6.26. The van der Waals surface area contributed by atoms with Crippen LogP contribution in [0.4, 0.5) is 0 Å². The highest BCUT2D eigenvalue weighted by Gasteiger charge is 2.17. The lowest BCUT2D eigenvalue weighted by molar-refractivity contribution is 1.37. The minimum absolute atomic E-state index is 1.25. The maximum atomic E-state index is 2.46. The average Bonchev–Trinajstić information content (AvgIpc) is 3.49. The molecule has 0 saturated carbocycles. The highest BCUT2D eigenvalue weighted by atomic mass is 14.9. The van der Waals surface area contributed by atoms with Gasteiger partial charge in [-0.2, -0.15) is 0 Å². The second kappa shape index (κ2) is 6.87. The van der Waals surface area contributed by atoms with Gasteiger partial charge in [0.2, 0.25) is 0 Å². The van der Waals surface area contributed by atoms with Gasteiger partial charge in [0.15, 0.2) is 0 Å². The normalized spacial score (nSPS) is 12.3. The molecule has 9 rings (SSSR count). The lowest BCUT2D eigenvalue weighted by Crippen LogP contribution is -1.86. The van der Waals surface area contributed by atoms with Crippen LogP contribution in [0.15, 0.2) is 127 Å². The van der Waals surface area contributed by atoms with Gasteiger partial charge in [-0.05, 0) is 61.6 Å². The summed E-state index contributed by atoms with van der Waals surface area (Å²) in [5.41, 5.74) is 6.37. The summed E-state index contributed by atoms with van der Waals surface area (Å²) in [5.74, 6) is 0. The van der Waals surface area contributed by atoms with Gasteiger partial charge in [0.1, 0.15) is 0 Å². The molecule has 1 heteroatoms. The van der Waals surface area contributed by atoms with E-state index in [9.17, 15) is 0 Å². The number of para-hydroxylation sites is 2. The number of nitrogens with zero attached hydrogens (tertiary/aromatic N) is 1. The van der Waals surface area contributed by atoms with Crippen molar-refractivity contribution in [1.29, 1.82) is 0 Å². The molecule has 0 N–H and O–H groups in total. The Hall–Kier alpha value is -4.88. The molecule has 0 saturated heterocycles. The van der Waals surface area contributed by atoms with Crippen LogP contribution in [0, 0.1) is 0 Å². The van der Waals surface area contributed by atoms with Crippen LogP contribution in [-0.2, 0) is 0 Å². The molecule has 2 aromatic heterocycles. The lowest BCUT2D eigenvalue weighted by Gasteiger charge is -2.12. The maximum absolute atomic E-state index is 2.46. The summed E-state index contributed by atoms with van der Waals surface area (Å²) >= 11 is 0. The lowest BCUT2D eigenvalue weighted by atomic mass is 9.92. The van der Waals surface area contributed by atoms with Crippen LogP contribution in [0.5, 0.6) is 0 Å². The number of hydrogen-bond acceptors (Lipinski definition) is 0. The molecule has 2 heterocycles. The molecule has 37 heavy (non-hydrogen) atoms. The van der Waals surface area contributed by atoms with Crippen molar-refractivity contribution in [3.05, 3.63) is 127 Å². The summed E-state index contributed by atoms with van der Waals surface area (Å²) < 4.78 is 2.46. The van der Waals surface area contributed by atoms with Crippen molar-refractivity contribution in [2.75, 3.05) is 0 Å². The van der Waals surface area contributed by atoms with Crippen molar-refractivity contribution in [3.63, 3.8) is 0 Å². The van der Waals surface area contributed by atoms with Gasteiger partial charge in [-0.25, -0.2) is 0 Å². The first-order chi connectivity index (χ1) is 18.4. The van der Waals surface area contributed by atoms with Crippen LogP contribution in [-0.4, -0.2) is 4.40 Å². The van der Waals surface area contributed by atoms with Crippen LogP contribution in [0.1, 0.15) is 0 Å².